The molecule has 0 radical (unpaired) electrons. The quantitative estimate of drug-likeness (QED) is 0.315. The zero-order valence-electron chi connectivity index (χ0n) is 23.0. The number of ether oxygens (including phenoxy) is 1. The van der Waals surface area contributed by atoms with Crippen LogP contribution in [-0.2, 0) is 32.6 Å². The van der Waals surface area contributed by atoms with Crippen molar-refractivity contribution >= 4 is 27.5 Å². The highest BCUT2D eigenvalue weighted by molar-refractivity contribution is 7.92. The first kappa shape index (κ1) is 30.6. The molecule has 1 N–H and O–H groups in total. The molecular weight excluding hydrogens is 533 g/mol. The van der Waals surface area contributed by atoms with E-state index in [1.165, 1.54) is 22.3 Å². The SMILES string of the molecule is CCOc1ccccc1N(CCCC(=O)N(Cc1ccccc1F)[C@@H](Cc1ccccc1)C(=O)NC)S(C)(=O)=O. The van der Waals surface area contributed by atoms with Gasteiger partial charge >= 0.3 is 0 Å². The average molecular weight is 570 g/mol. The minimum atomic E-state index is -3.69. The lowest BCUT2D eigenvalue weighted by atomic mass is 10.0. The van der Waals surface area contributed by atoms with Crippen molar-refractivity contribution in [1.82, 2.24) is 10.2 Å². The summed E-state index contributed by atoms with van der Waals surface area (Å²) in [5.41, 5.74) is 1.51. The number of amides is 2. The number of carbonyl (C=O) groups excluding carboxylic acids is 2. The molecule has 0 aliphatic rings. The van der Waals surface area contributed by atoms with E-state index in [1.54, 1.807) is 42.5 Å². The van der Waals surface area contributed by atoms with Gasteiger partial charge in [-0.1, -0.05) is 60.7 Å². The van der Waals surface area contributed by atoms with Crippen LogP contribution in [0.3, 0.4) is 0 Å². The van der Waals surface area contributed by atoms with Crippen LogP contribution in [0.4, 0.5) is 10.1 Å². The summed E-state index contributed by atoms with van der Waals surface area (Å²) in [6.45, 7) is 2.08. The molecule has 0 aromatic heterocycles. The first-order chi connectivity index (χ1) is 19.2. The van der Waals surface area contributed by atoms with Crippen LogP contribution in [0, 0.1) is 5.82 Å². The van der Waals surface area contributed by atoms with Gasteiger partial charge in [-0.15, -0.1) is 0 Å². The number of hydrogen-bond acceptors (Lipinski definition) is 5. The number of nitrogens with zero attached hydrogens (tertiary/aromatic N) is 2. The number of anilines is 1. The van der Waals surface area contributed by atoms with Crippen LogP contribution in [0.2, 0.25) is 0 Å². The zero-order valence-corrected chi connectivity index (χ0v) is 23.9. The maximum atomic E-state index is 14.6. The van der Waals surface area contributed by atoms with Crippen molar-refractivity contribution in [1.29, 1.82) is 0 Å². The third-order valence-electron chi connectivity index (χ3n) is 6.40. The minimum absolute atomic E-state index is 0.0194. The number of sulfonamides is 1. The molecule has 0 bridgehead atoms. The number of benzene rings is 3. The molecule has 0 heterocycles. The van der Waals surface area contributed by atoms with E-state index in [1.807, 2.05) is 37.3 Å². The van der Waals surface area contributed by atoms with E-state index in [4.69, 9.17) is 4.74 Å². The van der Waals surface area contributed by atoms with Gasteiger partial charge in [-0.3, -0.25) is 13.9 Å². The molecule has 0 fully saturated rings. The van der Waals surface area contributed by atoms with Crippen LogP contribution < -0.4 is 14.4 Å². The first-order valence-corrected chi connectivity index (χ1v) is 15.0. The van der Waals surface area contributed by atoms with Crippen molar-refractivity contribution < 1.29 is 27.1 Å². The number of hydrogen-bond donors (Lipinski definition) is 1. The molecule has 0 saturated carbocycles. The number of halogens is 1. The number of carbonyl (C=O) groups is 2. The summed E-state index contributed by atoms with van der Waals surface area (Å²) < 4.78 is 46.9. The molecule has 0 aliphatic heterocycles. The fourth-order valence-electron chi connectivity index (χ4n) is 4.45. The predicted molar refractivity (Wildman–Crippen MR) is 154 cm³/mol. The lowest BCUT2D eigenvalue weighted by Gasteiger charge is -2.31. The van der Waals surface area contributed by atoms with E-state index in [-0.39, 0.29) is 49.7 Å². The molecule has 40 heavy (non-hydrogen) atoms. The summed E-state index contributed by atoms with van der Waals surface area (Å²) >= 11 is 0. The van der Waals surface area contributed by atoms with E-state index in [0.29, 0.717) is 18.0 Å². The second-order valence-corrected chi connectivity index (χ2v) is 11.2. The summed E-state index contributed by atoms with van der Waals surface area (Å²) in [7, 11) is -2.20. The molecule has 0 spiro atoms. The molecule has 0 aliphatic carbocycles. The van der Waals surface area contributed by atoms with Crippen molar-refractivity contribution in [2.45, 2.75) is 38.8 Å². The third-order valence-corrected chi connectivity index (χ3v) is 7.58. The van der Waals surface area contributed by atoms with Gasteiger partial charge in [-0.2, -0.15) is 0 Å². The van der Waals surface area contributed by atoms with Crippen LogP contribution in [-0.4, -0.2) is 57.6 Å². The maximum absolute atomic E-state index is 14.6. The molecule has 0 unspecified atom stereocenters. The molecule has 8 nitrogen and oxygen atoms in total. The zero-order chi connectivity index (χ0) is 29.1. The average Bonchev–Trinajstić information content (AvgIpc) is 2.94. The number of rotatable bonds is 14. The molecule has 3 aromatic carbocycles. The van der Waals surface area contributed by atoms with Crippen LogP contribution >= 0.6 is 0 Å². The third kappa shape index (κ3) is 8.29. The van der Waals surface area contributed by atoms with Crippen molar-refractivity contribution in [3.63, 3.8) is 0 Å². The highest BCUT2D eigenvalue weighted by atomic mass is 32.2. The Morgan fingerprint density at radius 3 is 2.27 bits per heavy atom. The van der Waals surface area contributed by atoms with E-state index in [0.717, 1.165) is 11.8 Å². The van der Waals surface area contributed by atoms with Gasteiger partial charge in [-0.25, -0.2) is 12.8 Å². The molecule has 3 rings (SSSR count). The van der Waals surface area contributed by atoms with Crippen molar-refractivity contribution in [2.75, 3.05) is 30.8 Å². The smallest absolute Gasteiger partial charge is 0.242 e. The molecule has 10 heteroatoms. The van der Waals surface area contributed by atoms with Crippen molar-refractivity contribution in [3.8, 4) is 5.75 Å². The summed E-state index contributed by atoms with van der Waals surface area (Å²) in [4.78, 5) is 28.1. The molecule has 0 saturated heterocycles. The topological polar surface area (TPSA) is 96.0 Å². The van der Waals surface area contributed by atoms with Gasteiger partial charge in [0.05, 0.1) is 18.6 Å². The summed E-state index contributed by atoms with van der Waals surface area (Å²) in [5, 5.41) is 2.63. The molecular formula is C30H36FN3O5S. The van der Waals surface area contributed by atoms with Gasteiger partial charge in [-0.05, 0) is 37.1 Å². The molecule has 1 atom stereocenters. The number of para-hydroxylation sites is 2. The Morgan fingerprint density at radius 1 is 0.975 bits per heavy atom. The fraction of sp³-hybridized carbons (Fsp3) is 0.333. The Balaban J connectivity index is 1.87. The Hall–Kier alpha value is -3.92. The predicted octanol–water partition coefficient (Wildman–Crippen LogP) is 4.16. The number of nitrogens with one attached hydrogen (secondary N) is 1. The van der Waals surface area contributed by atoms with Crippen LogP contribution in [0.25, 0.3) is 0 Å². The first-order valence-electron chi connectivity index (χ1n) is 13.1. The maximum Gasteiger partial charge on any atom is 0.242 e. The summed E-state index contributed by atoms with van der Waals surface area (Å²) in [6.07, 6.45) is 1.45. The van der Waals surface area contributed by atoms with E-state index < -0.39 is 21.9 Å². The fourth-order valence-corrected chi connectivity index (χ4v) is 5.42. The molecule has 3 aromatic rings. The van der Waals surface area contributed by atoms with Gasteiger partial charge in [0.1, 0.15) is 17.6 Å². The minimum Gasteiger partial charge on any atom is -0.492 e. The van der Waals surface area contributed by atoms with Gasteiger partial charge in [0.2, 0.25) is 21.8 Å². The normalized spacial score (nSPS) is 11.9. The lowest BCUT2D eigenvalue weighted by molar-refractivity contribution is -0.141. The molecule has 2 amide bonds. The van der Waals surface area contributed by atoms with E-state index in [9.17, 15) is 22.4 Å². The van der Waals surface area contributed by atoms with Crippen molar-refractivity contribution in [2.24, 2.45) is 0 Å². The van der Waals surface area contributed by atoms with Gasteiger partial charge in [0, 0.05) is 38.5 Å². The second-order valence-electron chi connectivity index (χ2n) is 9.27. The van der Waals surface area contributed by atoms with Gasteiger partial charge in [0.15, 0.2) is 0 Å². The highest BCUT2D eigenvalue weighted by Crippen LogP contribution is 2.30. The number of likely N-dealkylation sites (N-methyl/N-ethyl adjacent to an activating group) is 1. The highest BCUT2D eigenvalue weighted by Gasteiger charge is 2.30. The van der Waals surface area contributed by atoms with E-state index in [2.05, 4.69) is 5.32 Å². The van der Waals surface area contributed by atoms with Gasteiger partial charge < -0.3 is 15.0 Å². The summed E-state index contributed by atoms with van der Waals surface area (Å²) in [6, 6.07) is 21.3. The Kier molecular flexibility index (Phi) is 11.1. The van der Waals surface area contributed by atoms with Crippen molar-refractivity contribution in [3.05, 3.63) is 95.8 Å². The Bertz CT molecular complexity index is 1380. The van der Waals surface area contributed by atoms with Crippen LogP contribution in [0.1, 0.15) is 30.9 Å². The summed E-state index contributed by atoms with van der Waals surface area (Å²) in [5.74, 6) is -0.826. The molecule has 214 valence electrons. The Labute approximate surface area is 235 Å². The largest absolute Gasteiger partial charge is 0.492 e. The van der Waals surface area contributed by atoms with Crippen LogP contribution in [0.15, 0.2) is 78.9 Å². The van der Waals surface area contributed by atoms with E-state index >= 15 is 0 Å². The van der Waals surface area contributed by atoms with Crippen LogP contribution in [0.5, 0.6) is 5.75 Å². The van der Waals surface area contributed by atoms with Gasteiger partial charge in [0.25, 0.3) is 0 Å². The lowest BCUT2D eigenvalue weighted by Crippen LogP contribution is -2.50. The monoisotopic (exact) mass is 569 g/mol. The standard InChI is InChI=1S/C30H36FN3O5S/c1-4-39-28-18-11-10-17-26(28)34(40(3,37)38)20-12-19-29(35)33(22-24-15-8-9-16-25(24)31)27(30(36)32-2)21-23-13-6-5-7-14-23/h5-11,13-18,27H,4,12,19-22H2,1-3H3,(H,32,36)/t27-/m0/s1. The Morgan fingerprint density at radius 2 is 1.62 bits per heavy atom. The second kappa shape index (κ2) is 14.5.